The van der Waals surface area contributed by atoms with E-state index < -0.39 is 12.3 Å². The highest BCUT2D eigenvalue weighted by Crippen LogP contribution is 2.27. The maximum atomic E-state index is 12.4. The maximum absolute atomic E-state index is 12.4. The summed E-state index contributed by atoms with van der Waals surface area (Å²) in [5.41, 5.74) is 0.925. The van der Waals surface area contributed by atoms with Gasteiger partial charge in [-0.25, -0.2) is 0 Å². The molecule has 94 valence electrons. The predicted octanol–water partition coefficient (Wildman–Crippen LogP) is 3.04. The number of ether oxygens (including phenoxy) is 1. The van der Waals surface area contributed by atoms with Gasteiger partial charge in [-0.15, -0.1) is 0 Å². The minimum atomic E-state index is -4.29. The molecule has 2 nitrogen and oxygen atoms in total. The first kappa shape index (κ1) is 12.9. The van der Waals surface area contributed by atoms with Gasteiger partial charge in [0, 0.05) is 11.0 Å². The van der Waals surface area contributed by atoms with Gasteiger partial charge in [-0.05, 0) is 17.7 Å². The number of hydrogen-bond acceptors (Lipinski definition) is 2. The summed E-state index contributed by atoms with van der Waals surface area (Å²) >= 11 is 3.30. The second-order valence-corrected chi connectivity index (χ2v) is 4.79. The van der Waals surface area contributed by atoms with Crippen LogP contribution in [0.3, 0.4) is 0 Å². The van der Waals surface area contributed by atoms with Crippen molar-refractivity contribution < 1.29 is 17.9 Å². The van der Waals surface area contributed by atoms with E-state index in [4.69, 9.17) is 4.74 Å². The third-order valence-electron chi connectivity index (χ3n) is 2.65. The SMILES string of the molecule is FC(F)(F)C1CNC(c2ccc(Br)cc2)CO1. The van der Waals surface area contributed by atoms with Gasteiger partial charge in [-0.1, -0.05) is 28.1 Å². The van der Waals surface area contributed by atoms with Crippen molar-refractivity contribution in [2.45, 2.75) is 18.3 Å². The minimum absolute atomic E-state index is 0.0335. The Morgan fingerprint density at radius 2 is 1.88 bits per heavy atom. The Morgan fingerprint density at radius 1 is 1.24 bits per heavy atom. The average Bonchev–Trinajstić information content (AvgIpc) is 2.29. The first-order valence-electron chi connectivity index (χ1n) is 5.14. The third-order valence-corrected chi connectivity index (χ3v) is 3.18. The van der Waals surface area contributed by atoms with Crippen molar-refractivity contribution in [2.24, 2.45) is 0 Å². The van der Waals surface area contributed by atoms with Gasteiger partial charge in [0.05, 0.1) is 12.6 Å². The summed E-state index contributed by atoms with van der Waals surface area (Å²) in [6, 6.07) is 7.25. The van der Waals surface area contributed by atoms with E-state index in [-0.39, 0.29) is 19.2 Å². The molecule has 0 saturated carbocycles. The summed E-state index contributed by atoms with van der Waals surface area (Å²) in [6.07, 6.45) is -5.99. The van der Waals surface area contributed by atoms with Crippen LogP contribution in [-0.2, 0) is 4.74 Å². The quantitative estimate of drug-likeness (QED) is 0.861. The van der Waals surface area contributed by atoms with Crippen LogP contribution in [0.5, 0.6) is 0 Å². The van der Waals surface area contributed by atoms with Gasteiger partial charge in [-0.3, -0.25) is 0 Å². The van der Waals surface area contributed by atoms with Crippen molar-refractivity contribution in [2.75, 3.05) is 13.2 Å². The number of halogens is 4. The Labute approximate surface area is 105 Å². The van der Waals surface area contributed by atoms with Crippen molar-refractivity contribution in [1.82, 2.24) is 5.32 Å². The molecule has 0 spiro atoms. The summed E-state index contributed by atoms with van der Waals surface area (Å²) in [6.45, 7) is -0.171. The first-order chi connectivity index (χ1) is 7.97. The highest BCUT2D eigenvalue weighted by atomic mass is 79.9. The van der Waals surface area contributed by atoms with Gasteiger partial charge in [0.1, 0.15) is 0 Å². The number of morpholine rings is 1. The van der Waals surface area contributed by atoms with Crippen LogP contribution >= 0.6 is 15.9 Å². The van der Waals surface area contributed by atoms with Crippen LogP contribution in [0.25, 0.3) is 0 Å². The highest BCUT2D eigenvalue weighted by Gasteiger charge is 2.43. The monoisotopic (exact) mass is 309 g/mol. The van der Waals surface area contributed by atoms with Crippen LogP contribution in [0.2, 0.25) is 0 Å². The van der Waals surface area contributed by atoms with Gasteiger partial charge in [-0.2, -0.15) is 13.2 Å². The molecular formula is C11H11BrF3NO. The molecule has 1 heterocycles. The molecule has 1 saturated heterocycles. The van der Waals surface area contributed by atoms with Crippen LogP contribution in [-0.4, -0.2) is 25.4 Å². The lowest BCUT2D eigenvalue weighted by Crippen LogP contribution is -2.48. The van der Waals surface area contributed by atoms with E-state index in [0.29, 0.717) is 0 Å². The van der Waals surface area contributed by atoms with E-state index in [1.807, 2.05) is 24.3 Å². The minimum Gasteiger partial charge on any atom is -0.365 e. The molecular weight excluding hydrogens is 299 g/mol. The second-order valence-electron chi connectivity index (χ2n) is 3.88. The van der Waals surface area contributed by atoms with Crippen LogP contribution in [0.15, 0.2) is 28.7 Å². The van der Waals surface area contributed by atoms with Crippen LogP contribution in [0, 0.1) is 0 Å². The smallest absolute Gasteiger partial charge is 0.365 e. The molecule has 6 heteroatoms. The van der Waals surface area contributed by atoms with Crippen molar-refractivity contribution in [1.29, 1.82) is 0 Å². The Bertz CT molecular complexity index is 371. The molecule has 2 unspecified atom stereocenters. The van der Waals surface area contributed by atoms with E-state index in [0.717, 1.165) is 10.0 Å². The molecule has 1 fully saturated rings. The van der Waals surface area contributed by atoms with Crippen molar-refractivity contribution in [3.63, 3.8) is 0 Å². The third kappa shape index (κ3) is 3.20. The van der Waals surface area contributed by atoms with Gasteiger partial charge >= 0.3 is 6.18 Å². The molecule has 17 heavy (non-hydrogen) atoms. The fraction of sp³-hybridized carbons (Fsp3) is 0.455. The van der Waals surface area contributed by atoms with Gasteiger partial charge < -0.3 is 10.1 Å². The van der Waals surface area contributed by atoms with E-state index in [1.54, 1.807) is 0 Å². The largest absolute Gasteiger partial charge is 0.415 e. The number of alkyl halides is 3. The van der Waals surface area contributed by atoms with Crippen LogP contribution in [0.4, 0.5) is 13.2 Å². The normalized spacial score (nSPS) is 25.9. The molecule has 0 aromatic heterocycles. The number of benzene rings is 1. The fourth-order valence-electron chi connectivity index (χ4n) is 1.70. The molecule has 0 amide bonds. The molecule has 2 rings (SSSR count). The second kappa shape index (κ2) is 4.96. The molecule has 1 aliphatic heterocycles. The van der Waals surface area contributed by atoms with Crippen LogP contribution < -0.4 is 5.32 Å². The van der Waals surface area contributed by atoms with E-state index in [1.165, 1.54) is 0 Å². The molecule has 0 radical (unpaired) electrons. The van der Waals surface area contributed by atoms with E-state index >= 15 is 0 Å². The maximum Gasteiger partial charge on any atom is 0.415 e. The zero-order chi connectivity index (χ0) is 12.5. The lowest BCUT2D eigenvalue weighted by Gasteiger charge is -2.31. The lowest BCUT2D eigenvalue weighted by molar-refractivity contribution is -0.229. The Balaban J connectivity index is 1.97. The van der Waals surface area contributed by atoms with Crippen molar-refractivity contribution >= 4 is 15.9 Å². The zero-order valence-corrected chi connectivity index (χ0v) is 10.4. The summed E-state index contributed by atoms with van der Waals surface area (Å²) in [4.78, 5) is 0. The van der Waals surface area contributed by atoms with Crippen LogP contribution in [0.1, 0.15) is 11.6 Å². The molecule has 1 N–H and O–H groups in total. The van der Waals surface area contributed by atoms with Gasteiger partial charge in [0.2, 0.25) is 0 Å². The Hall–Kier alpha value is -0.590. The lowest BCUT2D eigenvalue weighted by atomic mass is 10.1. The number of nitrogens with one attached hydrogen (secondary N) is 1. The van der Waals surface area contributed by atoms with Crippen molar-refractivity contribution in [3.05, 3.63) is 34.3 Å². The molecule has 1 aromatic rings. The van der Waals surface area contributed by atoms with Gasteiger partial charge in [0.15, 0.2) is 6.10 Å². The van der Waals surface area contributed by atoms with Crippen molar-refractivity contribution in [3.8, 4) is 0 Å². The van der Waals surface area contributed by atoms with Gasteiger partial charge in [0.25, 0.3) is 0 Å². The topological polar surface area (TPSA) is 21.3 Å². The highest BCUT2D eigenvalue weighted by molar-refractivity contribution is 9.10. The molecule has 1 aromatic carbocycles. The Kier molecular flexibility index (Phi) is 3.75. The fourth-order valence-corrected chi connectivity index (χ4v) is 1.96. The standard InChI is InChI=1S/C11H11BrF3NO/c12-8-3-1-7(2-4-8)9-6-17-10(5-16-9)11(13,14)15/h1-4,9-10,16H,5-6H2. The predicted molar refractivity (Wildman–Crippen MR) is 60.7 cm³/mol. The summed E-state index contributed by atoms with van der Waals surface area (Å²) in [7, 11) is 0. The number of rotatable bonds is 1. The zero-order valence-electron chi connectivity index (χ0n) is 8.80. The average molecular weight is 310 g/mol. The Morgan fingerprint density at radius 3 is 2.35 bits per heavy atom. The molecule has 0 aliphatic carbocycles. The summed E-state index contributed by atoms with van der Waals surface area (Å²) in [5.74, 6) is 0. The first-order valence-corrected chi connectivity index (χ1v) is 5.93. The van der Waals surface area contributed by atoms with E-state index in [9.17, 15) is 13.2 Å². The van der Waals surface area contributed by atoms with E-state index in [2.05, 4.69) is 21.2 Å². The number of hydrogen-bond donors (Lipinski definition) is 1. The molecule has 2 atom stereocenters. The molecule has 1 aliphatic rings. The summed E-state index contributed by atoms with van der Waals surface area (Å²) in [5, 5.41) is 2.85. The molecule has 0 bridgehead atoms. The summed E-state index contributed by atoms with van der Waals surface area (Å²) < 4.78 is 42.8.